The summed E-state index contributed by atoms with van der Waals surface area (Å²) in [5.74, 6) is 1.15. The van der Waals surface area contributed by atoms with Crippen LogP contribution in [0.25, 0.3) is 0 Å². The minimum Gasteiger partial charge on any atom is -0.339 e. The minimum absolute atomic E-state index is 0.177. The zero-order chi connectivity index (χ0) is 13.2. The zero-order valence-corrected chi connectivity index (χ0v) is 11.9. The second-order valence-corrected chi connectivity index (χ2v) is 5.68. The van der Waals surface area contributed by atoms with Crippen LogP contribution in [-0.2, 0) is 11.2 Å². The molecule has 1 unspecified atom stereocenters. The Hall–Kier alpha value is -1.49. The van der Waals surface area contributed by atoms with E-state index in [0.29, 0.717) is 24.6 Å². The molecule has 1 aliphatic rings. The lowest BCUT2D eigenvalue weighted by atomic mass is 10.1. The van der Waals surface area contributed by atoms with Crippen LogP contribution >= 0.6 is 15.9 Å². The van der Waals surface area contributed by atoms with E-state index in [1.165, 1.54) is 0 Å². The minimum atomic E-state index is -0.177. The molecule has 1 aliphatic carbocycles. The smallest absolute Gasteiger partial charge is 0.237 e. The lowest BCUT2D eigenvalue weighted by molar-refractivity contribution is -0.119. The molecule has 1 atom stereocenters. The van der Waals surface area contributed by atoms with E-state index in [1.54, 1.807) is 0 Å². The van der Waals surface area contributed by atoms with Gasteiger partial charge in [0.25, 0.3) is 0 Å². The lowest BCUT2D eigenvalue weighted by Gasteiger charge is -1.99. The second-order valence-electron chi connectivity index (χ2n) is 4.77. The molecule has 1 aromatic carbocycles. The number of halogens is 1. The van der Waals surface area contributed by atoms with Crippen molar-refractivity contribution in [3.8, 4) is 0 Å². The summed E-state index contributed by atoms with van der Waals surface area (Å²) in [6, 6.07) is 7.99. The van der Waals surface area contributed by atoms with E-state index in [9.17, 15) is 4.79 Å². The average molecular weight is 321 g/mol. The van der Waals surface area contributed by atoms with Crippen molar-refractivity contribution >= 4 is 21.7 Å². The second kappa shape index (κ2) is 5.25. The van der Waals surface area contributed by atoms with Gasteiger partial charge in [-0.25, -0.2) is 0 Å². The largest absolute Gasteiger partial charge is 0.339 e. The molecular weight excluding hydrogens is 308 g/mol. The van der Waals surface area contributed by atoms with Gasteiger partial charge in [0, 0.05) is 17.3 Å². The van der Waals surface area contributed by atoms with Crippen LogP contribution in [0, 0.1) is 0 Å². The quantitative estimate of drug-likeness (QED) is 0.871. The summed E-state index contributed by atoms with van der Waals surface area (Å²) >= 11 is 3.43. The summed E-state index contributed by atoms with van der Waals surface area (Å²) in [6.45, 7) is 0. The number of aromatic nitrogens is 2. The fraction of sp³-hybridized carbons (Fsp3) is 0.357. The van der Waals surface area contributed by atoms with Crippen molar-refractivity contribution in [1.82, 2.24) is 10.1 Å². The van der Waals surface area contributed by atoms with Crippen LogP contribution in [0.3, 0.4) is 0 Å². The van der Waals surface area contributed by atoms with Crippen molar-refractivity contribution in [3.63, 3.8) is 0 Å². The molecule has 1 fully saturated rings. The molecule has 0 saturated heterocycles. The van der Waals surface area contributed by atoms with Gasteiger partial charge in [-0.3, -0.25) is 4.79 Å². The van der Waals surface area contributed by atoms with Gasteiger partial charge in [-0.2, -0.15) is 4.98 Å². The van der Waals surface area contributed by atoms with Crippen LogP contribution in [0.4, 0.5) is 0 Å². The highest BCUT2D eigenvalue weighted by Crippen LogP contribution is 2.30. The maximum Gasteiger partial charge on any atom is 0.237 e. The predicted molar refractivity (Wildman–Crippen MR) is 72.8 cm³/mol. The Bertz CT molecular complexity index is 609. The summed E-state index contributed by atoms with van der Waals surface area (Å²) < 4.78 is 6.26. The molecule has 1 aromatic heterocycles. The van der Waals surface area contributed by atoms with Crippen LogP contribution in [0.2, 0.25) is 0 Å². The molecule has 0 radical (unpaired) electrons. The summed E-state index contributed by atoms with van der Waals surface area (Å²) in [4.78, 5) is 16.0. The van der Waals surface area contributed by atoms with Crippen molar-refractivity contribution in [2.45, 2.75) is 31.6 Å². The number of rotatable bonds is 3. The number of hydrogen-bond donors (Lipinski definition) is 0. The van der Waals surface area contributed by atoms with Crippen molar-refractivity contribution in [3.05, 3.63) is 46.0 Å². The Morgan fingerprint density at radius 1 is 1.42 bits per heavy atom. The molecule has 19 heavy (non-hydrogen) atoms. The molecule has 98 valence electrons. The van der Waals surface area contributed by atoms with Gasteiger partial charge in [-0.15, -0.1) is 0 Å². The molecule has 0 amide bonds. The van der Waals surface area contributed by atoms with E-state index in [0.717, 1.165) is 22.9 Å². The first kappa shape index (κ1) is 12.5. The predicted octanol–water partition coefficient (Wildman–Crippen LogP) is 3.26. The highest BCUT2D eigenvalue weighted by Gasteiger charge is 2.30. The molecule has 1 heterocycles. The topological polar surface area (TPSA) is 56.0 Å². The Kier molecular flexibility index (Phi) is 3.46. The number of benzene rings is 1. The van der Waals surface area contributed by atoms with Gasteiger partial charge in [0.15, 0.2) is 5.82 Å². The molecule has 4 nitrogen and oxygen atoms in total. The van der Waals surface area contributed by atoms with Crippen LogP contribution < -0.4 is 0 Å². The first-order valence-corrected chi connectivity index (χ1v) is 7.11. The molecule has 2 aromatic rings. The van der Waals surface area contributed by atoms with Gasteiger partial charge in [0.2, 0.25) is 5.89 Å². The molecule has 1 saturated carbocycles. The number of Topliss-reactive ketones (excluding diaryl/α,β-unsaturated/α-hetero) is 1. The third-order valence-corrected chi connectivity index (χ3v) is 3.83. The monoisotopic (exact) mass is 320 g/mol. The van der Waals surface area contributed by atoms with Crippen LogP contribution in [0.5, 0.6) is 0 Å². The Balaban J connectivity index is 1.76. The van der Waals surface area contributed by atoms with E-state index in [-0.39, 0.29) is 11.7 Å². The number of carbonyl (C=O) groups excluding carboxylic acids is 1. The molecule has 0 aliphatic heterocycles. The third kappa shape index (κ3) is 2.76. The normalized spacial score (nSPS) is 19.0. The van der Waals surface area contributed by atoms with Crippen LogP contribution in [0.15, 0.2) is 33.3 Å². The fourth-order valence-electron chi connectivity index (χ4n) is 2.39. The van der Waals surface area contributed by atoms with Crippen LogP contribution in [0.1, 0.15) is 42.5 Å². The van der Waals surface area contributed by atoms with Crippen LogP contribution in [-0.4, -0.2) is 15.9 Å². The summed E-state index contributed by atoms with van der Waals surface area (Å²) in [5, 5.41) is 3.97. The van der Waals surface area contributed by atoms with Crippen molar-refractivity contribution in [2.75, 3.05) is 0 Å². The lowest BCUT2D eigenvalue weighted by Crippen LogP contribution is -2.04. The van der Waals surface area contributed by atoms with Gasteiger partial charge in [0.05, 0.1) is 5.92 Å². The number of ketones is 1. The van der Waals surface area contributed by atoms with Gasteiger partial charge in [-0.1, -0.05) is 33.2 Å². The van der Waals surface area contributed by atoms with E-state index >= 15 is 0 Å². The van der Waals surface area contributed by atoms with Crippen molar-refractivity contribution in [1.29, 1.82) is 0 Å². The molecular formula is C14H13BrN2O2. The van der Waals surface area contributed by atoms with E-state index in [4.69, 9.17) is 4.52 Å². The molecule has 0 spiro atoms. The average Bonchev–Trinajstić information content (AvgIpc) is 2.98. The number of hydrogen-bond acceptors (Lipinski definition) is 4. The van der Waals surface area contributed by atoms with Crippen molar-refractivity contribution in [2.24, 2.45) is 0 Å². The van der Waals surface area contributed by atoms with Gasteiger partial charge in [-0.05, 0) is 30.5 Å². The first-order chi connectivity index (χ1) is 9.22. The number of nitrogens with zero attached hydrogens (tertiary/aromatic N) is 2. The summed E-state index contributed by atoms with van der Waals surface area (Å²) in [7, 11) is 0. The highest BCUT2D eigenvalue weighted by molar-refractivity contribution is 9.10. The summed E-state index contributed by atoms with van der Waals surface area (Å²) in [5.41, 5.74) is 1.11. The maximum absolute atomic E-state index is 11.7. The highest BCUT2D eigenvalue weighted by atomic mass is 79.9. The molecule has 3 rings (SSSR count). The van der Waals surface area contributed by atoms with Crippen molar-refractivity contribution < 1.29 is 9.32 Å². The first-order valence-electron chi connectivity index (χ1n) is 6.32. The Morgan fingerprint density at radius 2 is 2.32 bits per heavy atom. The standard InChI is InChI=1S/C14H13BrN2O2/c15-10-4-1-3-9(7-10)8-13-16-14(19-17-13)11-5-2-6-12(11)18/h1,3-4,7,11H,2,5-6,8H2. The van der Waals surface area contributed by atoms with E-state index < -0.39 is 0 Å². The number of carbonyl (C=O) groups is 1. The third-order valence-electron chi connectivity index (χ3n) is 3.34. The SMILES string of the molecule is O=C1CCCC1c1nc(Cc2cccc(Br)c2)no1. The van der Waals surface area contributed by atoms with E-state index in [2.05, 4.69) is 26.1 Å². The zero-order valence-electron chi connectivity index (χ0n) is 10.3. The fourth-order valence-corrected chi connectivity index (χ4v) is 2.83. The van der Waals surface area contributed by atoms with Gasteiger partial charge < -0.3 is 4.52 Å². The molecule has 0 bridgehead atoms. The van der Waals surface area contributed by atoms with E-state index in [1.807, 2.05) is 24.3 Å². The molecule has 0 N–H and O–H groups in total. The Morgan fingerprint density at radius 3 is 3.05 bits per heavy atom. The van der Waals surface area contributed by atoms with Gasteiger partial charge >= 0.3 is 0 Å². The maximum atomic E-state index is 11.7. The molecule has 5 heteroatoms. The van der Waals surface area contributed by atoms with Gasteiger partial charge in [0.1, 0.15) is 5.78 Å². The summed E-state index contributed by atoms with van der Waals surface area (Å²) in [6.07, 6.45) is 3.00. The Labute approximate surface area is 119 Å².